The lowest BCUT2D eigenvalue weighted by molar-refractivity contribution is 0.141. The van der Waals surface area contributed by atoms with E-state index in [1.807, 2.05) is 0 Å². The Bertz CT molecular complexity index is 887. The van der Waals surface area contributed by atoms with Crippen molar-refractivity contribution in [2.75, 3.05) is 18.5 Å². The molecule has 0 bridgehead atoms. The topological polar surface area (TPSA) is 98.2 Å². The van der Waals surface area contributed by atoms with Gasteiger partial charge in [-0.1, -0.05) is 0 Å². The van der Waals surface area contributed by atoms with Gasteiger partial charge in [0, 0.05) is 18.0 Å². The van der Waals surface area contributed by atoms with Crippen LogP contribution in [0.25, 0.3) is 0 Å². The first-order chi connectivity index (χ1) is 12.8. The molecule has 1 aromatic heterocycles. The molecule has 0 aliphatic carbocycles. The van der Waals surface area contributed by atoms with Crippen molar-refractivity contribution in [2.24, 2.45) is 0 Å². The summed E-state index contributed by atoms with van der Waals surface area (Å²) in [5.41, 5.74) is -0.900. The van der Waals surface area contributed by atoms with Gasteiger partial charge in [-0.05, 0) is 39.0 Å². The van der Waals surface area contributed by atoms with Gasteiger partial charge in [0.2, 0.25) is 5.95 Å². The monoisotopic (exact) mass is 378 g/mol. The van der Waals surface area contributed by atoms with Crippen LogP contribution in [-0.2, 0) is 4.74 Å². The number of halogens is 1. The predicted octanol–water partition coefficient (Wildman–Crippen LogP) is 1.99. The first-order valence-corrected chi connectivity index (χ1v) is 8.88. The van der Waals surface area contributed by atoms with E-state index in [9.17, 15) is 14.0 Å². The van der Waals surface area contributed by atoms with Crippen LogP contribution in [0.2, 0.25) is 0 Å². The zero-order valence-corrected chi connectivity index (χ0v) is 15.5. The van der Waals surface area contributed by atoms with Crippen LogP contribution in [0.1, 0.15) is 44.8 Å². The molecule has 0 saturated carbocycles. The Morgan fingerprint density at radius 1 is 1.37 bits per heavy atom. The van der Waals surface area contributed by atoms with Crippen molar-refractivity contribution in [3.8, 4) is 5.75 Å². The second kappa shape index (κ2) is 7.91. The van der Waals surface area contributed by atoms with E-state index < -0.39 is 23.2 Å². The van der Waals surface area contributed by atoms with E-state index >= 15 is 0 Å². The van der Waals surface area contributed by atoms with E-state index in [0.29, 0.717) is 24.5 Å². The fraction of sp³-hybridized carbons (Fsp3) is 0.500. The molecular formula is C18H23FN4O4. The maximum atomic E-state index is 14.3. The van der Waals surface area contributed by atoms with Crippen molar-refractivity contribution < 1.29 is 13.9 Å². The van der Waals surface area contributed by atoms with E-state index in [4.69, 9.17) is 9.47 Å². The largest absolute Gasteiger partial charge is 0.488 e. The lowest BCUT2D eigenvalue weighted by atomic mass is 10.1. The Morgan fingerprint density at radius 3 is 2.78 bits per heavy atom. The number of benzene rings is 1. The highest BCUT2D eigenvalue weighted by Crippen LogP contribution is 2.26. The summed E-state index contributed by atoms with van der Waals surface area (Å²) in [7, 11) is 0. The molecule has 0 radical (unpaired) electrons. The molecule has 1 fully saturated rings. The van der Waals surface area contributed by atoms with Crippen molar-refractivity contribution in [3.63, 3.8) is 0 Å². The molecule has 2 atom stereocenters. The summed E-state index contributed by atoms with van der Waals surface area (Å²) in [6.45, 7) is 6.29. The molecule has 1 aliphatic heterocycles. The Labute approximate surface area is 155 Å². The van der Waals surface area contributed by atoms with Crippen LogP contribution < -0.4 is 21.4 Å². The maximum absolute atomic E-state index is 14.3. The minimum atomic E-state index is -0.665. The van der Waals surface area contributed by atoms with E-state index in [0.717, 1.165) is 11.0 Å². The van der Waals surface area contributed by atoms with Gasteiger partial charge >= 0.3 is 11.4 Å². The number of aromatic amines is 1. The summed E-state index contributed by atoms with van der Waals surface area (Å²) in [4.78, 5) is 30.4. The molecule has 2 heterocycles. The zero-order chi connectivity index (χ0) is 19.6. The molecule has 2 aromatic rings. The molecule has 146 valence electrons. The lowest BCUT2D eigenvalue weighted by Gasteiger charge is -2.18. The number of rotatable bonds is 6. The summed E-state index contributed by atoms with van der Waals surface area (Å²) < 4.78 is 26.4. The molecule has 1 saturated heterocycles. The molecule has 8 nitrogen and oxygen atoms in total. The fourth-order valence-corrected chi connectivity index (χ4v) is 2.96. The third-order valence-electron chi connectivity index (χ3n) is 4.35. The second-order valence-electron chi connectivity index (χ2n) is 6.79. The van der Waals surface area contributed by atoms with Crippen LogP contribution in [0, 0.1) is 5.82 Å². The standard InChI is InChI=1S/C18H23FN4O4/c1-10(2)23-17(24)21-16(22-18(23)25)20-11(3)14-8-12(4-5-15(14)19)27-13-6-7-26-9-13/h4-5,8,10-11,13H,6-7,9H2,1-3H3,(H2,20,21,22,24,25)/t11-,13-/m0/s1. The van der Waals surface area contributed by atoms with Gasteiger partial charge in [-0.2, -0.15) is 4.98 Å². The van der Waals surface area contributed by atoms with Crippen molar-refractivity contribution >= 4 is 5.95 Å². The van der Waals surface area contributed by atoms with Gasteiger partial charge in [-0.25, -0.2) is 18.5 Å². The summed E-state index contributed by atoms with van der Waals surface area (Å²) in [5, 5.41) is 2.87. The Balaban J connectivity index is 1.80. The van der Waals surface area contributed by atoms with Crippen LogP contribution in [-0.4, -0.2) is 33.9 Å². The summed E-state index contributed by atoms with van der Waals surface area (Å²) in [6.07, 6.45) is 0.742. The summed E-state index contributed by atoms with van der Waals surface area (Å²) in [6, 6.07) is 3.62. The van der Waals surface area contributed by atoms with Gasteiger partial charge in [0.1, 0.15) is 17.7 Å². The third kappa shape index (κ3) is 4.36. The molecule has 0 amide bonds. The van der Waals surface area contributed by atoms with Crippen LogP contribution >= 0.6 is 0 Å². The van der Waals surface area contributed by atoms with Gasteiger partial charge in [-0.3, -0.25) is 4.98 Å². The number of aromatic nitrogens is 3. The molecule has 2 N–H and O–H groups in total. The average Bonchev–Trinajstić information content (AvgIpc) is 3.08. The minimum absolute atomic E-state index is 0.00989. The normalized spacial score (nSPS) is 17.9. The maximum Gasteiger partial charge on any atom is 0.355 e. The second-order valence-corrected chi connectivity index (χ2v) is 6.79. The average molecular weight is 378 g/mol. The molecule has 3 rings (SSSR count). The van der Waals surface area contributed by atoms with E-state index in [1.54, 1.807) is 32.9 Å². The highest BCUT2D eigenvalue weighted by Gasteiger charge is 2.19. The van der Waals surface area contributed by atoms with Crippen molar-refractivity contribution in [1.82, 2.24) is 14.5 Å². The van der Waals surface area contributed by atoms with Crippen LogP contribution in [0.4, 0.5) is 10.3 Å². The van der Waals surface area contributed by atoms with Gasteiger partial charge in [0.05, 0.1) is 19.3 Å². The number of anilines is 1. The fourth-order valence-electron chi connectivity index (χ4n) is 2.96. The molecule has 0 unspecified atom stereocenters. The van der Waals surface area contributed by atoms with Crippen LogP contribution in [0.3, 0.4) is 0 Å². The molecule has 9 heteroatoms. The van der Waals surface area contributed by atoms with Gasteiger partial charge in [0.15, 0.2) is 0 Å². The number of ether oxygens (including phenoxy) is 2. The molecule has 1 aromatic carbocycles. The number of hydrogen-bond acceptors (Lipinski definition) is 6. The quantitative estimate of drug-likeness (QED) is 0.798. The third-order valence-corrected chi connectivity index (χ3v) is 4.35. The number of nitrogens with one attached hydrogen (secondary N) is 2. The first kappa shape index (κ1) is 19.1. The van der Waals surface area contributed by atoms with Gasteiger partial charge in [0.25, 0.3) is 0 Å². The Kier molecular flexibility index (Phi) is 5.59. The molecule has 0 spiro atoms. The van der Waals surface area contributed by atoms with Gasteiger partial charge in [-0.15, -0.1) is 0 Å². The van der Waals surface area contributed by atoms with Crippen LogP contribution in [0.5, 0.6) is 5.75 Å². The van der Waals surface area contributed by atoms with Crippen LogP contribution in [0.15, 0.2) is 27.8 Å². The predicted molar refractivity (Wildman–Crippen MR) is 97.8 cm³/mol. The zero-order valence-electron chi connectivity index (χ0n) is 15.5. The van der Waals surface area contributed by atoms with E-state index in [-0.39, 0.29) is 18.1 Å². The molecule has 27 heavy (non-hydrogen) atoms. The smallest absolute Gasteiger partial charge is 0.355 e. The van der Waals surface area contributed by atoms with Gasteiger partial charge < -0.3 is 14.8 Å². The summed E-state index contributed by atoms with van der Waals surface area (Å²) in [5.74, 6) is 0.0967. The number of H-pyrrole nitrogens is 1. The Hall–Kier alpha value is -2.68. The number of hydrogen-bond donors (Lipinski definition) is 2. The van der Waals surface area contributed by atoms with Crippen molar-refractivity contribution in [2.45, 2.75) is 45.4 Å². The SMILES string of the molecule is CC(C)n1c(=O)nc(N[C@@H](C)c2cc(O[C@H]3CCOC3)ccc2F)[nH]c1=O. The Morgan fingerprint density at radius 2 is 2.15 bits per heavy atom. The minimum Gasteiger partial charge on any atom is -0.488 e. The lowest BCUT2D eigenvalue weighted by Crippen LogP contribution is -2.39. The molecule has 1 aliphatic rings. The summed E-state index contributed by atoms with van der Waals surface area (Å²) >= 11 is 0. The van der Waals surface area contributed by atoms with E-state index in [1.165, 1.54) is 6.07 Å². The first-order valence-electron chi connectivity index (χ1n) is 8.88. The number of nitrogens with zero attached hydrogens (tertiary/aromatic N) is 2. The van der Waals surface area contributed by atoms with Crippen molar-refractivity contribution in [1.29, 1.82) is 0 Å². The van der Waals surface area contributed by atoms with E-state index in [2.05, 4.69) is 15.3 Å². The highest BCUT2D eigenvalue weighted by atomic mass is 19.1. The van der Waals surface area contributed by atoms with Crippen molar-refractivity contribution in [3.05, 3.63) is 50.5 Å². The highest BCUT2D eigenvalue weighted by molar-refractivity contribution is 5.36. The molecular weight excluding hydrogens is 355 g/mol.